The van der Waals surface area contributed by atoms with Gasteiger partial charge in [0.05, 0.1) is 11.4 Å². The number of amides is 1. The molecule has 0 spiro atoms. The highest BCUT2D eigenvalue weighted by molar-refractivity contribution is 9.10. The van der Waals surface area contributed by atoms with Crippen molar-refractivity contribution in [2.45, 2.75) is 5.75 Å². The van der Waals surface area contributed by atoms with Crippen molar-refractivity contribution < 1.29 is 4.79 Å². The molecule has 2 aromatic rings. The van der Waals surface area contributed by atoms with Gasteiger partial charge in [-0.15, -0.1) is 11.8 Å². The minimum absolute atomic E-state index is 0.143. The third kappa shape index (κ3) is 4.35. The number of hydrogen-bond donors (Lipinski definition) is 1. The third-order valence-corrected chi connectivity index (χ3v) is 4.91. The summed E-state index contributed by atoms with van der Waals surface area (Å²) in [6.45, 7) is 0. The molecule has 0 saturated heterocycles. The number of para-hydroxylation sites is 1. The van der Waals surface area contributed by atoms with Gasteiger partial charge in [-0.1, -0.05) is 12.1 Å². The maximum atomic E-state index is 11.9. The van der Waals surface area contributed by atoms with Crippen LogP contribution in [-0.4, -0.2) is 20.8 Å². The highest BCUT2D eigenvalue weighted by atomic mass is 79.9. The molecule has 2 rings (SSSR count). The van der Waals surface area contributed by atoms with Gasteiger partial charge in [0.15, 0.2) is 0 Å². The lowest BCUT2D eigenvalue weighted by atomic mass is 10.3. The van der Waals surface area contributed by atoms with Crippen molar-refractivity contribution in [3.8, 4) is 0 Å². The van der Waals surface area contributed by atoms with E-state index >= 15 is 0 Å². The molecule has 0 fully saturated rings. The van der Waals surface area contributed by atoms with Crippen molar-refractivity contribution >= 4 is 39.3 Å². The zero-order valence-corrected chi connectivity index (χ0v) is 15.1. The number of halogens is 1. The maximum Gasteiger partial charge on any atom is 0.330 e. The number of carbonyl (C=O) groups excluding carboxylic acids is 1. The molecule has 0 radical (unpaired) electrons. The number of nitrogens with one attached hydrogen (secondary N) is 1. The average molecular weight is 398 g/mol. The summed E-state index contributed by atoms with van der Waals surface area (Å²) < 4.78 is 3.28. The number of aromatic nitrogens is 2. The summed E-state index contributed by atoms with van der Waals surface area (Å²) in [6.07, 6.45) is 0. The molecule has 0 unspecified atom stereocenters. The Morgan fingerprint density at radius 2 is 1.91 bits per heavy atom. The minimum atomic E-state index is -0.370. The predicted octanol–water partition coefficient (Wildman–Crippen LogP) is 1.72. The molecule has 0 aliphatic rings. The fraction of sp³-hybridized carbons (Fsp3) is 0.267. The highest BCUT2D eigenvalue weighted by Gasteiger charge is 2.08. The predicted molar refractivity (Wildman–Crippen MR) is 95.9 cm³/mol. The van der Waals surface area contributed by atoms with Gasteiger partial charge in [0.25, 0.3) is 5.56 Å². The summed E-state index contributed by atoms with van der Waals surface area (Å²) >= 11 is 4.71. The number of anilines is 1. The largest absolute Gasteiger partial charge is 0.330 e. The molecule has 122 valence electrons. The summed E-state index contributed by atoms with van der Waals surface area (Å²) in [5.74, 6) is 0.492. The van der Waals surface area contributed by atoms with E-state index in [2.05, 4.69) is 21.2 Å². The summed E-state index contributed by atoms with van der Waals surface area (Å²) in [7, 11) is 3.05. The van der Waals surface area contributed by atoms with Gasteiger partial charge in [-0.05, 0) is 28.1 Å². The molecule has 1 aromatic heterocycles. The summed E-state index contributed by atoms with van der Waals surface area (Å²) in [5, 5.41) is 2.80. The molecule has 6 nitrogen and oxygen atoms in total. The van der Waals surface area contributed by atoms with Gasteiger partial charge in [0.2, 0.25) is 5.91 Å². The van der Waals surface area contributed by atoms with Crippen LogP contribution in [0.4, 0.5) is 5.69 Å². The second kappa shape index (κ2) is 7.65. The first-order valence-corrected chi connectivity index (χ1v) is 8.73. The van der Waals surface area contributed by atoms with Crippen LogP contribution in [0, 0.1) is 0 Å². The van der Waals surface area contributed by atoms with Crippen LogP contribution < -0.4 is 16.6 Å². The Hall–Kier alpha value is -1.80. The molecule has 23 heavy (non-hydrogen) atoms. The Bertz CT molecular complexity index is 845. The average Bonchev–Trinajstić information content (AvgIpc) is 2.52. The molecule has 1 N–H and O–H groups in total. The molecule has 0 bridgehead atoms. The Balaban J connectivity index is 1.95. The van der Waals surface area contributed by atoms with Gasteiger partial charge in [0, 0.05) is 36.1 Å². The monoisotopic (exact) mass is 397 g/mol. The van der Waals surface area contributed by atoms with Crippen molar-refractivity contribution in [3.63, 3.8) is 0 Å². The lowest BCUT2D eigenvalue weighted by Crippen LogP contribution is -2.37. The van der Waals surface area contributed by atoms with E-state index in [-0.39, 0.29) is 22.9 Å². The fourth-order valence-corrected chi connectivity index (χ4v) is 3.14. The van der Waals surface area contributed by atoms with Crippen LogP contribution in [0.3, 0.4) is 0 Å². The molecule has 0 aliphatic carbocycles. The minimum Gasteiger partial charge on any atom is -0.324 e. The van der Waals surface area contributed by atoms with Gasteiger partial charge in [0.1, 0.15) is 0 Å². The summed E-state index contributed by atoms with van der Waals surface area (Å²) in [5.41, 5.74) is 0.586. The topological polar surface area (TPSA) is 73.1 Å². The van der Waals surface area contributed by atoms with E-state index < -0.39 is 0 Å². The molecule has 1 aromatic carbocycles. The number of thioether (sulfide) groups is 1. The zero-order valence-electron chi connectivity index (χ0n) is 12.7. The van der Waals surface area contributed by atoms with Crippen molar-refractivity contribution in [2.24, 2.45) is 14.1 Å². The Labute approximate surface area is 145 Å². The van der Waals surface area contributed by atoms with Gasteiger partial charge in [-0.25, -0.2) is 4.79 Å². The van der Waals surface area contributed by atoms with E-state index in [9.17, 15) is 14.4 Å². The first kappa shape index (κ1) is 17.6. The number of rotatable bonds is 5. The van der Waals surface area contributed by atoms with Crippen molar-refractivity contribution in [1.29, 1.82) is 0 Å². The van der Waals surface area contributed by atoms with E-state index in [0.29, 0.717) is 17.1 Å². The summed E-state index contributed by atoms with van der Waals surface area (Å²) in [4.78, 5) is 35.4. The van der Waals surface area contributed by atoms with E-state index in [1.54, 1.807) is 13.1 Å². The van der Waals surface area contributed by atoms with Gasteiger partial charge in [-0.2, -0.15) is 0 Å². The van der Waals surface area contributed by atoms with E-state index in [0.717, 1.165) is 9.04 Å². The molecule has 1 heterocycles. The zero-order chi connectivity index (χ0) is 17.0. The molecule has 1 amide bonds. The normalized spacial score (nSPS) is 10.6. The SMILES string of the molecule is Cn1c(CSCC(=O)Nc2ccccc2Br)cc(=O)n(C)c1=O. The smallest absolute Gasteiger partial charge is 0.324 e. The molecular weight excluding hydrogens is 382 g/mol. The van der Waals surface area contributed by atoms with E-state index in [4.69, 9.17) is 0 Å². The number of hydrogen-bond acceptors (Lipinski definition) is 4. The Morgan fingerprint density at radius 1 is 1.22 bits per heavy atom. The van der Waals surface area contributed by atoms with Crippen LogP contribution in [0.5, 0.6) is 0 Å². The first-order chi connectivity index (χ1) is 10.9. The van der Waals surface area contributed by atoms with Crippen molar-refractivity contribution in [1.82, 2.24) is 9.13 Å². The van der Waals surface area contributed by atoms with Gasteiger partial charge in [-0.3, -0.25) is 18.7 Å². The van der Waals surface area contributed by atoms with Crippen LogP contribution in [0.15, 0.2) is 44.4 Å². The molecule has 0 saturated carbocycles. The van der Waals surface area contributed by atoms with Crippen LogP contribution >= 0.6 is 27.7 Å². The lowest BCUT2D eigenvalue weighted by Gasteiger charge is -2.10. The van der Waals surface area contributed by atoms with Crippen LogP contribution in [0.1, 0.15) is 5.69 Å². The fourth-order valence-electron chi connectivity index (χ4n) is 1.91. The second-order valence-corrected chi connectivity index (χ2v) is 6.74. The van der Waals surface area contributed by atoms with Gasteiger partial charge >= 0.3 is 5.69 Å². The maximum absolute atomic E-state index is 11.9. The molecular formula is C15H16BrN3O3S. The lowest BCUT2D eigenvalue weighted by molar-refractivity contribution is -0.113. The molecule has 0 aliphatic heterocycles. The highest BCUT2D eigenvalue weighted by Crippen LogP contribution is 2.21. The van der Waals surface area contributed by atoms with Crippen LogP contribution in [0.25, 0.3) is 0 Å². The van der Waals surface area contributed by atoms with E-state index in [1.807, 2.05) is 18.2 Å². The Kier molecular flexibility index (Phi) is 5.84. The summed E-state index contributed by atoms with van der Waals surface area (Å²) in [6, 6.07) is 8.77. The third-order valence-electron chi connectivity index (χ3n) is 3.26. The van der Waals surface area contributed by atoms with Crippen LogP contribution in [0.2, 0.25) is 0 Å². The first-order valence-electron chi connectivity index (χ1n) is 6.78. The van der Waals surface area contributed by atoms with Crippen LogP contribution in [-0.2, 0) is 24.6 Å². The number of nitrogens with zero attached hydrogens (tertiary/aromatic N) is 2. The second-order valence-electron chi connectivity index (χ2n) is 4.90. The number of carbonyl (C=O) groups is 1. The molecule has 0 atom stereocenters. The standard InChI is InChI=1S/C15H16BrN3O3S/c1-18-10(7-14(21)19(2)15(18)22)8-23-9-13(20)17-12-6-4-3-5-11(12)16/h3-7H,8-9H2,1-2H3,(H,17,20). The van der Waals surface area contributed by atoms with E-state index in [1.165, 1.54) is 29.4 Å². The number of benzene rings is 1. The Morgan fingerprint density at radius 3 is 2.61 bits per heavy atom. The molecule has 8 heteroatoms. The van der Waals surface area contributed by atoms with Gasteiger partial charge < -0.3 is 5.32 Å². The van der Waals surface area contributed by atoms with Crippen molar-refractivity contribution in [3.05, 3.63) is 61.3 Å². The quantitative estimate of drug-likeness (QED) is 0.833. The van der Waals surface area contributed by atoms with Crippen molar-refractivity contribution in [2.75, 3.05) is 11.1 Å².